The van der Waals surface area contributed by atoms with Gasteiger partial charge in [-0.3, -0.25) is 0 Å². The molecule has 0 aliphatic heterocycles. The second-order valence-corrected chi connectivity index (χ2v) is 9.73. The van der Waals surface area contributed by atoms with Crippen LogP contribution < -0.4 is 13.1 Å². The molecule has 0 aliphatic carbocycles. The van der Waals surface area contributed by atoms with Crippen molar-refractivity contribution >= 4 is 44.5 Å². The van der Waals surface area contributed by atoms with Crippen LogP contribution in [0, 0.1) is 0 Å². The van der Waals surface area contributed by atoms with E-state index in [4.69, 9.17) is 11.6 Å². The van der Waals surface area contributed by atoms with Crippen LogP contribution in [0.4, 0.5) is 0 Å². The molecule has 22 heavy (non-hydrogen) atoms. The van der Waals surface area contributed by atoms with E-state index in [-0.39, 0.29) is 5.24 Å². The van der Waals surface area contributed by atoms with Crippen LogP contribution in [0.15, 0.2) is 84.9 Å². The number of hydrogen-bond donors (Lipinski definition) is 0. The molecule has 0 radical (unpaired) electrons. The predicted octanol–water partition coefficient (Wildman–Crippen LogP) is 2.58. The number of hydrogen-bond acceptors (Lipinski definition) is 1. The van der Waals surface area contributed by atoms with Crippen molar-refractivity contribution in [1.29, 1.82) is 0 Å². The monoisotopic (exact) mass is 368 g/mol. The summed E-state index contributed by atoms with van der Waals surface area (Å²) in [6.07, 6.45) is 0. The summed E-state index contributed by atoms with van der Waals surface area (Å²) in [7, 11) is 0. The zero-order valence-corrected chi connectivity index (χ0v) is 14.4. The van der Waals surface area contributed by atoms with Crippen molar-refractivity contribution in [2.24, 2.45) is 0 Å². The summed E-state index contributed by atoms with van der Waals surface area (Å²) in [4.78, 5) is 11.8. The van der Waals surface area contributed by atoms with Gasteiger partial charge in [0.1, 0.15) is 0 Å². The molecule has 0 bridgehead atoms. The average molecular weight is 369 g/mol. The molecule has 0 amide bonds. The SMILES string of the molecule is O=C(Cl)c1ccccc1[As](c1ccccc1)c1ccccc1. The maximum atomic E-state index is 11.8. The van der Waals surface area contributed by atoms with Gasteiger partial charge in [-0.1, -0.05) is 0 Å². The first-order valence-corrected chi connectivity index (χ1v) is 10.2. The maximum absolute atomic E-state index is 11.8. The van der Waals surface area contributed by atoms with Crippen molar-refractivity contribution < 1.29 is 4.79 Å². The van der Waals surface area contributed by atoms with Gasteiger partial charge in [-0.25, -0.2) is 0 Å². The van der Waals surface area contributed by atoms with Crippen LogP contribution in [0.1, 0.15) is 10.4 Å². The molecule has 0 heterocycles. The zero-order valence-electron chi connectivity index (χ0n) is 11.8. The molecule has 1 nitrogen and oxygen atoms in total. The van der Waals surface area contributed by atoms with Gasteiger partial charge >= 0.3 is 140 Å². The molecule has 3 heteroatoms. The van der Waals surface area contributed by atoms with Crippen molar-refractivity contribution in [2.75, 3.05) is 0 Å². The van der Waals surface area contributed by atoms with Gasteiger partial charge in [-0.2, -0.15) is 0 Å². The molecular formula is C19H14AsClO. The van der Waals surface area contributed by atoms with Gasteiger partial charge in [0.2, 0.25) is 0 Å². The molecule has 0 spiro atoms. The summed E-state index contributed by atoms with van der Waals surface area (Å²) in [6, 6.07) is 28.5. The molecular weight excluding hydrogens is 355 g/mol. The molecule has 0 unspecified atom stereocenters. The van der Waals surface area contributed by atoms with Crippen molar-refractivity contribution in [2.45, 2.75) is 0 Å². The van der Waals surface area contributed by atoms with Crippen molar-refractivity contribution in [1.82, 2.24) is 0 Å². The topological polar surface area (TPSA) is 17.1 Å². The third-order valence-corrected chi connectivity index (χ3v) is 8.84. The first kappa shape index (κ1) is 15.1. The second-order valence-electron chi connectivity index (χ2n) is 4.80. The third kappa shape index (κ3) is 3.16. The Kier molecular flexibility index (Phi) is 4.77. The third-order valence-electron chi connectivity index (χ3n) is 3.39. The summed E-state index contributed by atoms with van der Waals surface area (Å²) >= 11 is 4.02. The fourth-order valence-electron chi connectivity index (χ4n) is 2.42. The molecule has 0 fully saturated rings. The number of rotatable bonds is 4. The van der Waals surface area contributed by atoms with Gasteiger partial charge in [-0.05, 0) is 0 Å². The van der Waals surface area contributed by atoms with E-state index >= 15 is 0 Å². The van der Waals surface area contributed by atoms with Gasteiger partial charge in [0.25, 0.3) is 0 Å². The quantitative estimate of drug-likeness (QED) is 0.511. The van der Waals surface area contributed by atoms with E-state index in [0.717, 1.165) is 4.35 Å². The summed E-state index contributed by atoms with van der Waals surface area (Å²) in [5.41, 5.74) is 0.622. The standard InChI is InChI=1S/C19H14AsClO/c21-19(22)17-13-7-8-14-18(17)20(15-9-3-1-4-10-15)16-11-5-2-6-12-16/h1-14H. The molecule has 3 aromatic rings. The summed E-state index contributed by atoms with van der Waals surface area (Å²) in [5.74, 6) is 0. The fraction of sp³-hybridized carbons (Fsp3) is 0. The van der Waals surface area contributed by atoms with E-state index in [0.29, 0.717) is 5.56 Å². The Hall–Kier alpha value is -1.82. The van der Waals surface area contributed by atoms with Crippen LogP contribution in [0.3, 0.4) is 0 Å². The number of carbonyl (C=O) groups is 1. The molecule has 0 saturated heterocycles. The molecule has 0 aliphatic rings. The normalized spacial score (nSPS) is 10.6. The van der Waals surface area contributed by atoms with Crippen LogP contribution in [-0.2, 0) is 0 Å². The van der Waals surface area contributed by atoms with Gasteiger partial charge in [0.15, 0.2) is 0 Å². The van der Waals surface area contributed by atoms with Gasteiger partial charge in [-0.15, -0.1) is 0 Å². The molecule has 0 aromatic heterocycles. The summed E-state index contributed by atoms with van der Waals surface area (Å²) in [6.45, 7) is 0. The van der Waals surface area contributed by atoms with E-state index in [1.54, 1.807) is 0 Å². The molecule has 0 N–H and O–H groups in total. The average Bonchev–Trinajstić information content (AvgIpc) is 2.57. The van der Waals surface area contributed by atoms with Crippen LogP contribution in [0.2, 0.25) is 0 Å². The van der Waals surface area contributed by atoms with Crippen LogP contribution in [0.5, 0.6) is 0 Å². The Labute approximate surface area is 139 Å². The minimum absolute atomic E-state index is 0.387. The summed E-state index contributed by atoms with van der Waals surface area (Å²) < 4.78 is 3.64. The van der Waals surface area contributed by atoms with Crippen LogP contribution >= 0.6 is 11.6 Å². The van der Waals surface area contributed by atoms with E-state index in [9.17, 15) is 4.79 Å². The summed E-state index contributed by atoms with van der Waals surface area (Å²) in [5, 5.41) is -0.387. The Morgan fingerprint density at radius 2 is 1.14 bits per heavy atom. The first-order valence-electron chi connectivity index (χ1n) is 6.96. The van der Waals surface area contributed by atoms with Crippen molar-refractivity contribution in [3.63, 3.8) is 0 Å². The Morgan fingerprint density at radius 1 is 0.682 bits per heavy atom. The first-order chi connectivity index (χ1) is 10.8. The van der Waals surface area contributed by atoms with E-state index in [1.807, 2.05) is 60.7 Å². The van der Waals surface area contributed by atoms with Crippen molar-refractivity contribution in [3.8, 4) is 0 Å². The number of carbonyl (C=O) groups excluding carboxylic acids is 1. The van der Waals surface area contributed by atoms with Gasteiger partial charge < -0.3 is 0 Å². The molecule has 3 rings (SSSR count). The van der Waals surface area contributed by atoms with E-state index in [1.165, 1.54) is 8.70 Å². The van der Waals surface area contributed by atoms with Gasteiger partial charge in [0, 0.05) is 0 Å². The number of halogens is 1. The zero-order chi connectivity index (χ0) is 15.4. The Balaban J connectivity index is 2.21. The second kappa shape index (κ2) is 6.96. The van der Waals surface area contributed by atoms with E-state index in [2.05, 4.69) is 24.3 Å². The molecule has 3 aromatic carbocycles. The molecule has 108 valence electrons. The van der Waals surface area contributed by atoms with Gasteiger partial charge in [0.05, 0.1) is 0 Å². The Morgan fingerprint density at radius 3 is 1.64 bits per heavy atom. The van der Waals surface area contributed by atoms with Crippen LogP contribution in [-0.4, -0.2) is 19.9 Å². The molecule has 0 saturated carbocycles. The fourth-order valence-corrected chi connectivity index (χ4v) is 7.86. The Bertz CT molecular complexity index is 732. The van der Waals surface area contributed by atoms with Crippen LogP contribution in [0.25, 0.3) is 0 Å². The number of benzene rings is 3. The minimum atomic E-state index is -1.79. The molecule has 0 atom stereocenters. The van der Waals surface area contributed by atoms with E-state index < -0.39 is 14.7 Å². The predicted molar refractivity (Wildman–Crippen MR) is 94.2 cm³/mol. The van der Waals surface area contributed by atoms with Crippen molar-refractivity contribution in [3.05, 3.63) is 90.5 Å².